The highest BCUT2D eigenvalue weighted by molar-refractivity contribution is 5.30. The van der Waals surface area contributed by atoms with Crippen LogP contribution >= 0.6 is 0 Å². The highest BCUT2D eigenvalue weighted by atomic mass is 19.3. The van der Waals surface area contributed by atoms with Gasteiger partial charge in [-0.15, -0.1) is 0 Å². The number of rotatable bonds is 3. The van der Waals surface area contributed by atoms with Crippen LogP contribution < -0.4 is 5.32 Å². The first kappa shape index (κ1) is 14.4. The Hall–Kier alpha value is -1.03. The summed E-state index contributed by atoms with van der Waals surface area (Å²) in [6.45, 7) is 1.93. The van der Waals surface area contributed by atoms with Crippen LogP contribution in [0.1, 0.15) is 42.9 Å². The summed E-state index contributed by atoms with van der Waals surface area (Å²) >= 11 is 0. The molecule has 0 radical (unpaired) electrons. The van der Waals surface area contributed by atoms with Gasteiger partial charge in [-0.1, -0.05) is 6.07 Å². The summed E-state index contributed by atoms with van der Waals surface area (Å²) in [5.41, 5.74) is 1.89. The Labute approximate surface area is 112 Å². The molecule has 0 saturated heterocycles. The molecule has 1 unspecified atom stereocenters. The van der Waals surface area contributed by atoms with Crippen LogP contribution in [0.15, 0.2) is 18.2 Å². The maximum Gasteiger partial charge on any atom is 0.248 e. The van der Waals surface area contributed by atoms with Crippen molar-refractivity contribution >= 4 is 0 Å². The zero-order valence-electron chi connectivity index (χ0n) is 11.3. The molecule has 1 atom stereocenters. The third-order valence-electron chi connectivity index (χ3n) is 4.12. The van der Waals surface area contributed by atoms with Crippen molar-refractivity contribution in [3.05, 3.63) is 35.1 Å². The highest BCUT2D eigenvalue weighted by Crippen LogP contribution is 2.41. The Morgan fingerprint density at radius 1 is 1.26 bits per heavy atom. The van der Waals surface area contributed by atoms with Gasteiger partial charge in [-0.25, -0.2) is 13.2 Å². The van der Waals surface area contributed by atoms with Crippen molar-refractivity contribution in [2.45, 2.75) is 44.6 Å². The van der Waals surface area contributed by atoms with Crippen molar-refractivity contribution in [3.8, 4) is 0 Å². The molecule has 1 aromatic rings. The van der Waals surface area contributed by atoms with Gasteiger partial charge in [0.25, 0.3) is 0 Å². The van der Waals surface area contributed by atoms with Gasteiger partial charge in [0.05, 0.1) is 0 Å². The molecule has 1 aromatic carbocycles. The van der Waals surface area contributed by atoms with Gasteiger partial charge in [-0.2, -0.15) is 0 Å². The van der Waals surface area contributed by atoms with Crippen molar-refractivity contribution in [3.63, 3.8) is 0 Å². The fourth-order valence-corrected chi connectivity index (χ4v) is 2.99. The van der Waals surface area contributed by atoms with Crippen molar-refractivity contribution in [2.75, 3.05) is 7.05 Å². The summed E-state index contributed by atoms with van der Waals surface area (Å²) in [6.07, 6.45) is 0.831. The van der Waals surface area contributed by atoms with E-state index in [2.05, 4.69) is 5.32 Å². The Morgan fingerprint density at radius 2 is 1.89 bits per heavy atom. The van der Waals surface area contributed by atoms with Crippen LogP contribution in [-0.4, -0.2) is 13.0 Å². The zero-order chi connectivity index (χ0) is 14.0. The van der Waals surface area contributed by atoms with Crippen molar-refractivity contribution < 1.29 is 13.2 Å². The summed E-state index contributed by atoms with van der Waals surface area (Å²) in [4.78, 5) is 0. The number of hydrogen-bond donors (Lipinski definition) is 1. The maximum absolute atomic E-state index is 13.4. The van der Waals surface area contributed by atoms with Crippen LogP contribution in [0.2, 0.25) is 0 Å². The first-order valence-electron chi connectivity index (χ1n) is 6.74. The Bertz CT molecular complexity index is 435. The summed E-state index contributed by atoms with van der Waals surface area (Å²) in [6, 6.07) is 4.64. The zero-order valence-corrected chi connectivity index (χ0v) is 11.3. The molecule has 0 aromatic heterocycles. The van der Waals surface area contributed by atoms with E-state index in [1.54, 1.807) is 6.07 Å². The lowest BCUT2D eigenvalue weighted by Gasteiger charge is -2.34. The van der Waals surface area contributed by atoms with E-state index in [4.69, 9.17) is 0 Å². The number of halogens is 3. The molecular formula is C15H20F3N. The van der Waals surface area contributed by atoms with E-state index in [1.165, 1.54) is 12.1 Å². The number of alkyl halides is 2. The summed E-state index contributed by atoms with van der Waals surface area (Å²) in [5.74, 6) is -2.65. The molecule has 19 heavy (non-hydrogen) atoms. The van der Waals surface area contributed by atoms with E-state index in [1.807, 2.05) is 14.0 Å². The highest BCUT2D eigenvalue weighted by Gasteiger charge is 2.37. The van der Waals surface area contributed by atoms with E-state index >= 15 is 0 Å². The summed E-state index contributed by atoms with van der Waals surface area (Å²) in [5, 5.41) is 3.17. The molecule has 2 rings (SSSR count). The number of benzene rings is 1. The molecule has 1 aliphatic rings. The van der Waals surface area contributed by atoms with Gasteiger partial charge in [-0.05, 0) is 56.0 Å². The molecular weight excluding hydrogens is 251 g/mol. The van der Waals surface area contributed by atoms with E-state index in [0.717, 1.165) is 11.1 Å². The molecule has 4 heteroatoms. The third kappa shape index (κ3) is 3.30. The van der Waals surface area contributed by atoms with Crippen LogP contribution in [0.3, 0.4) is 0 Å². The average molecular weight is 271 g/mol. The summed E-state index contributed by atoms with van der Waals surface area (Å²) < 4.78 is 39.8. The van der Waals surface area contributed by atoms with E-state index in [9.17, 15) is 13.2 Å². The molecule has 1 aliphatic carbocycles. The molecule has 1 nitrogen and oxygen atoms in total. The summed E-state index contributed by atoms with van der Waals surface area (Å²) in [7, 11) is 1.81. The average Bonchev–Trinajstić information content (AvgIpc) is 2.36. The predicted octanol–water partition coefficient (Wildman–Crippen LogP) is 4.22. The monoisotopic (exact) mass is 271 g/mol. The molecule has 106 valence electrons. The van der Waals surface area contributed by atoms with Gasteiger partial charge < -0.3 is 5.32 Å². The van der Waals surface area contributed by atoms with Crippen molar-refractivity contribution in [1.82, 2.24) is 5.32 Å². The lowest BCUT2D eigenvalue weighted by atomic mass is 9.79. The van der Waals surface area contributed by atoms with Crippen LogP contribution in [0, 0.1) is 18.7 Å². The van der Waals surface area contributed by atoms with Crippen LogP contribution in [-0.2, 0) is 0 Å². The second-order valence-corrected chi connectivity index (χ2v) is 5.46. The third-order valence-corrected chi connectivity index (χ3v) is 4.12. The topological polar surface area (TPSA) is 12.0 Å². The maximum atomic E-state index is 13.4. The second-order valence-electron chi connectivity index (χ2n) is 5.46. The van der Waals surface area contributed by atoms with Gasteiger partial charge in [0.15, 0.2) is 0 Å². The first-order valence-corrected chi connectivity index (χ1v) is 6.74. The lowest BCUT2D eigenvalue weighted by molar-refractivity contribution is -0.0495. The number of hydrogen-bond acceptors (Lipinski definition) is 1. The minimum absolute atomic E-state index is 0.0493. The molecule has 1 saturated carbocycles. The fraction of sp³-hybridized carbons (Fsp3) is 0.600. The van der Waals surface area contributed by atoms with E-state index < -0.39 is 5.92 Å². The predicted molar refractivity (Wildman–Crippen MR) is 69.8 cm³/mol. The van der Waals surface area contributed by atoms with Crippen LogP contribution in [0.25, 0.3) is 0 Å². The molecule has 0 bridgehead atoms. The van der Waals surface area contributed by atoms with Gasteiger partial charge in [0.2, 0.25) is 5.92 Å². The molecule has 0 amide bonds. The first-order chi connectivity index (χ1) is 8.93. The normalized spacial score (nSPS) is 21.3. The lowest BCUT2D eigenvalue weighted by Crippen LogP contribution is -2.33. The standard InChI is InChI=1S/C15H20F3N/c1-10-3-4-12(16)9-13(10)14(19-2)11-5-7-15(17,18)8-6-11/h3-4,9,11,14,19H,5-8H2,1-2H3. The van der Waals surface area contributed by atoms with Crippen molar-refractivity contribution in [2.24, 2.45) is 5.92 Å². The van der Waals surface area contributed by atoms with Gasteiger partial charge in [-0.3, -0.25) is 0 Å². The number of aryl methyl sites for hydroxylation is 1. The van der Waals surface area contributed by atoms with Gasteiger partial charge in [0, 0.05) is 18.9 Å². The SMILES string of the molecule is CNC(c1cc(F)ccc1C)C1CCC(F)(F)CC1. The Balaban J connectivity index is 2.18. The second kappa shape index (κ2) is 5.53. The molecule has 0 aliphatic heterocycles. The van der Waals surface area contributed by atoms with Crippen LogP contribution in [0.4, 0.5) is 13.2 Å². The minimum atomic E-state index is -2.52. The van der Waals surface area contributed by atoms with Gasteiger partial charge >= 0.3 is 0 Å². The molecule has 0 heterocycles. The minimum Gasteiger partial charge on any atom is -0.313 e. The van der Waals surface area contributed by atoms with Gasteiger partial charge in [0.1, 0.15) is 5.82 Å². The Morgan fingerprint density at radius 3 is 2.47 bits per heavy atom. The van der Waals surface area contributed by atoms with Crippen LogP contribution in [0.5, 0.6) is 0 Å². The largest absolute Gasteiger partial charge is 0.313 e. The van der Waals surface area contributed by atoms with E-state index in [-0.39, 0.29) is 30.6 Å². The quantitative estimate of drug-likeness (QED) is 0.868. The van der Waals surface area contributed by atoms with Crippen molar-refractivity contribution in [1.29, 1.82) is 0 Å². The fourth-order valence-electron chi connectivity index (χ4n) is 2.99. The molecule has 0 spiro atoms. The molecule has 1 N–H and O–H groups in total. The smallest absolute Gasteiger partial charge is 0.248 e. The molecule has 1 fully saturated rings. The van der Waals surface area contributed by atoms with E-state index in [0.29, 0.717) is 12.8 Å². The Kier molecular flexibility index (Phi) is 4.19. The number of nitrogens with one attached hydrogen (secondary N) is 1.